The molecule has 0 unspecified atom stereocenters. The van der Waals surface area contributed by atoms with Crippen molar-refractivity contribution in [2.24, 2.45) is 5.92 Å². The summed E-state index contributed by atoms with van der Waals surface area (Å²) in [6.45, 7) is 4.71. The molecule has 0 aliphatic carbocycles. The number of nitrogens with one attached hydrogen (secondary N) is 1. The molecule has 3 rings (SSSR count). The van der Waals surface area contributed by atoms with Gasteiger partial charge in [0.1, 0.15) is 0 Å². The third-order valence-corrected chi connectivity index (χ3v) is 5.80. The molecule has 166 valence electrons. The largest absolute Gasteiger partial charge is 0.493 e. The molecule has 0 atom stereocenters. The molecule has 2 aromatic carbocycles. The Morgan fingerprint density at radius 2 is 1.68 bits per heavy atom. The Kier molecular flexibility index (Phi) is 7.52. The van der Waals surface area contributed by atoms with Crippen LogP contribution in [0.1, 0.15) is 34.3 Å². The van der Waals surface area contributed by atoms with Crippen molar-refractivity contribution in [2.75, 3.05) is 39.7 Å². The number of anilines is 1. The Morgan fingerprint density at radius 3 is 2.29 bits per heavy atom. The van der Waals surface area contributed by atoms with Crippen LogP contribution in [0.5, 0.6) is 11.5 Å². The average molecular weight is 427 g/mol. The minimum Gasteiger partial charge on any atom is -0.493 e. The maximum absolute atomic E-state index is 13.0. The van der Waals surface area contributed by atoms with E-state index in [1.807, 2.05) is 6.07 Å². The van der Waals surface area contributed by atoms with Gasteiger partial charge in [0.2, 0.25) is 5.91 Å². The first-order chi connectivity index (χ1) is 15.0. The monoisotopic (exact) mass is 426 g/mol. The van der Waals surface area contributed by atoms with Gasteiger partial charge in [-0.2, -0.15) is 0 Å². The Bertz CT molecular complexity index is 936. The average Bonchev–Trinajstić information content (AvgIpc) is 2.80. The standard InChI is InChI=1S/C24H30N2O5/c1-16-7-5-6-8-18(16)15-26-11-9-17(10-12-26)23(27)25-20-14-22(30-3)21(29-2)13-19(20)24(28)31-4/h5-8,13-14,17H,9-12,15H2,1-4H3,(H,25,27). The van der Waals surface area contributed by atoms with E-state index in [0.29, 0.717) is 17.2 Å². The number of esters is 1. The van der Waals surface area contributed by atoms with Crippen LogP contribution in [-0.4, -0.2) is 51.2 Å². The lowest BCUT2D eigenvalue weighted by Gasteiger charge is -2.31. The number of hydrogen-bond donors (Lipinski definition) is 1. The number of likely N-dealkylation sites (tertiary alicyclic amines) is 1. The number of aryl methyl sites for hydroxylation is 1. The number of methoxy groups -OCH3 is 3. The van der Waals surface area contributed by atoms with E-state index in [1.165, 1.54) is 38.5 Å². The summed E-state index contributed by atoms with van der Waals surface area (Å²) in [6.07, 6.45) is 1.52. The molecule has 1 amide bonds. The molecule has 2 aromatic rings. The summed E-state index contributed by atoms with van der Waals surface area (Å²) in [5, 5.41) is 2.90. The first kappa shape index (κ1) is 22.6. The molecule has 31 heavy (non-hydrogen) atoms. The molecular weight excluding hydrogens is 396 g/mol. The van der Waals surface area contributed by atoms with Crippen LogP contribution >= 0.6 is 0 Å². The van der Waals surface area contributed by atoms with Gasteiger partial charge in [0, 0.05) is 24.6 Å². The second kappa shape index (κ2) is 10.3. The van der Waals surface area contributed by atoms with Crippen molar-refractivity contribution in [2.45, 2.75) is 26.3 Å². The number of rotatable bonds is 7. The Hall–Kier alpha value is -3.06. The second-order valence-corrected chi connectivity index (χ2v) is 7.71. The summed E-state index contributed by atoms with van der Waals surface area (Å²) >= 11 is 0. The minimum absolute atomic E-state index is 0.104. The summed E-state index contributed by atoms with van der Waals surface area (Å²) in [7, 11) is 4.29. The molecule has 1 fully saturated rings. The zero-order valence-corrected chi connectivity index (χ0v) is 18.6. The Morgan fingerprint density at radius 1 is 1.03 bits per heavy atom. The number of nitrogens with zero attached hydrogens (tertiary/aromatic N) is 1. The van der Waals surface area contributed by atoms with Gasteiger partial charge in [-0.05, 0) is 44.0 Å². The summed E-state index contributed by atoms with van der Waals surface area (Å²) in [5.74, 6) is 0.0489. The van der Waals surface area contributed by atoms with Crippen molar-refractivity contribution >= 4 is 17.6 Å². The molecule has 0 aromatic heterocycles. The lowest BCUT2D eigenvalue weighted by molar-refractivity contribution is -0.121. The van der Waals surface area contributed by atoms with E-state index in [4.69, 9.17) is 14.2 Å². The Balaban J connectivity index is 1.67. The van der Waals surface area contributed by atoms with E-state index in [0.717, 1.165) is 32.5 Å². The van der Waals surface area contributed by atoms with Crippen LogP contribution in [0.15, 0.2) is 36.4 Å². The van der Waals surface area contributed by atoms with E-state index < -0.39 is 5.97 Å². The highest BCUT2D eigenvalue weighted by atomic mass is 16.5. The molecular formula is C24H30N2O5. The zero-order chi connectivity index (χ0) is 22.4. The van der Waals surface area contributed by atoms with Gasteiger partial charge in [0.25, 0.3) is 0 Å². The fraction of sp³-hybridized carbons (Fsp3) is 0.417. The lowest BCUT2D eigenvalue weighted by Crippen LogP contribution is -2.38. The van der Waals surface area contributed by atoms with Crippen molar-refractivity contribution in [3.63, 3.8) is 0 Å². The third-order valence-electron chi connectivity index (χ3n) is 5.80. The molecule has 1 aliphatic rings. The van der Waals surface area contributed by atoms with E-state index in [1.54, 1.807) is 6.07 Å². The SMILES string of the molecule is COC(=O)c1cc(OC)c(OC)cc1NC(=O)C1CCN(Cc2ccccc2C)CC1. The molecule has 7 nitrogen and oxygen atoms in total. The van der Waals surface area contributed by atoms with E-state index in [-0.39, 0.29) is 17.4 Å². The highest BCUT2D eigenvalue weighted by Crippen LogP contribution is 2.34. The van der Waals surface area contributed by atoms with Crippen LogP contribution in [0.25, 0.3) is 0 Å². The molecule has 0 spiro atoms. The molecule has 0 bridgehead atoms. The van der Waals surface area contributed by atoms with Gasteiger partial charge >= 0.3 is 5.97 Å². The van der Waals surface area contributed by atoms with Crippen LogP contribution in [0.2, 0.25) is 0 Å². The van der Waals surface area contributed by atoms with E-state index >= 15 is 0 Å². The topological polar surface area (TPSA) is 77.1 Å². The first-order valence-electron chi connectivity index (χ1n) is 10.4. The van der Waals surface area contributed by atoms with Gasteiger partial charge < -0.3 is 19.5 Å². The molecule has 0 radical (unpaired) electrons. The quantitative estimate of drug-likeness (QED) is 0.681. The third kappa shape index (κ3) is 5.35. The van der Waals surface area contributed by atoms with Crippen molar-refractivity contribution in [1.82, 2.24) is 4.90 Å². The number of amides is 1. The van der Waals surface area contributed by atoms with Crippen molar-refractivity contribution in [3.05, 3.63) is 53.1 Å². The van der Waals surface area contributed by atoms with Crippen LogP contribution in [0.4, 0.5) is 5.69 Å². The molecule has 7 heteroatoms. The smallest absolute Gasteiger partial charge is 0.340 e. The normalized spacial score (nSPS) is 14.7. The fourth-order valence-electron chi connectivity index (χ4n) is 3.88. The lowest BCUT2D eigenvalue weighted by atomic mass is 9.95. The molecule has 1 saturated heterocycles. The maximum atomic E-state index is 13.0. The number of benzene rings is 2. The molecule has 1 aliphatic heterocycles. The van der Waals surface area contributed by atoms with Gasteiger partial charge in [-0.1, -0.05) is 24.3 Å². The number of carbonyl (C=O) groups is 2. The summed E-state index contributed by atoms with van der Waals surface area (Å²) in [5.41, 5.74) is 3.19. The zero-order valence-electron chi connectivity index (χ0n) is 18.6. The fourth-order valence-corrected chi connectivity index (χ4v) is 3.88. The van der Waals surface area contributed by atoms with Crippen molar-refractivity contribution in [3.8, 4) is 11.5 Å². The van der Waals surface area contributed by atoms with Gasteiger partial charge in [-0.25, -0.2) is 4.79 Å². The summed E-state index contributed by atoms with van der Waals surface area (Å²) in [6, 6.07) is 11.5. The maximum Gasteiger partial charge on any atom is 0.340 e. The number of ether oxygens (including phenoxy) is 3. The van der Waals surface area contributed by atoms with Crippen LogP contribution < -0.4 is 14.8 Å². The Labute approximate surface area is 183 Å². The van der Waals surface area contributed by atoms with E-state index in [2.05, 4.69) is 35.3 Å². The van der Waals surface area contributed by atoms with E-state index in [9.17, 15) is 9.59 Å². The van der Waals surface area contributed by atoms with Crippen molar-refractivity contribution < 1.29 is 23.8 Å². The highest BCUT2D eigenvalue weighted by Gasteiger charge is 2.27. The minimum atomic E-state index is -0.552. The molecule has 1 heterocycles. The van der Waals surface area contributed by atoms with Crippen LogP contribution in [-0.2, 0) is 16.1 Å². The molecule has 0 saturated carbocycles. The second-order valence-electron chi connectivity index (χ2n) is 7.71. The predicted molar refractivity (Wildman–Crippen MR) is 119 cm³/mol. The predicted octanol–water partition coefficient (Wildman–Crippen LogP) is 3.65. The number of hydrogen-bond acceptors (Lipinski definition) is 6. The van der Waals surface area contributed by atoms with Gasteiger partial charge in [0.05, 0.1) is 32.6 Å². The van der Waals surface area contributed by atoms with Crippen LogP contribution in [0.3, 0.4) is 0 Å². The first-order valence-corrected chi connectivity index (χ1v) is 10.4. The highest BCUT2D eigenvalue weighted by molar-refractivity contribution is 6.02. The van der Waals surface area contributed by atoms with Crippen molar-refractivity contribution in [1.29, 1.82) is 0 Å². The van der Waals surface area contributed by atoms with Crippen LogP contribution in [0, 0.1) is 12.8 Å². The van der Waals surface area contributed by atoms with Gasteiger partial charge in [0.15, 0.2) is 11.5 Å². The van der Waals surface area contributed by atoms with Gasteiger partial charge in [-0.3, -0.25) is 9.69 Å². The van der Waals surface area contributed by atoms with Gasteiger partial charge in [-0.15, -0.1) is 0 Å². The summed E-state index contributed by atoms with van der Waals surface area (Å²) < 4.78 is 15.4. The summed E-state index contributed by atoms with van der Waals surface area (Å²) in [4.78, 5) is 27.6. The number of carbonyl (C=O) groups excluding carboxylic acids is 2. The molecule has 1 N–H and O–H groups in total. The number of piperidine rings is 1.